The zero-order valence-electron chi connectivity index (χ0n) is 33.7. The second kappa shape index (κ2) is 19.2. The van der Waals surface area contributed by atoms with Crippen LogP contribution in [0, 0.1) is 0 Å². The third-order valence-corrected chi connectivity index (χ3v) is 9.43. The van der Waals surface area contributed by atoms with Gasteiger partial charge >= 0.3 is 12.0 Å². The number of nitrogens with zero attached hydrogens (tertiary/aromatic N) is 1. The fraction of sp³-hybridized carbons (Fsp3) is 0.286. The number of pyridine rings is 1. The lowest BCUT2D eigenvalue weighted by molar-refractivity contribution is -0.137. The van der Waals surface area contributed by atoms with E-state index in [9.17, 15) is 22.8 Å². The number of urea groups is 1. The van der Waals surface area contributed by atoms with Crippen molar-refractivity contribution in [3.8, 4) is 23.0 Å². The Morgan fingerprint density at radius 2 is 1.53 bits per heavy atom. The van der Waals surface area contributed by atoms with Crippen LogP contribution in [0.2, 0.25) is 0 Å². The molecule has 0 saturated carbocycles. The van der Waals surface area contributed by atoms with Gasteiger partial charge in [0, 0.05) is 54.3 Å². The number of amides is 3. The Hall–Kier alpha value is -6.59. The van der Waals surface area contributed by atoms with Gasteiger partial charge in [0.05, 0.1) is 43.1 Å². The topological polar surface area (TPSA) is 218 Å². The average molecular weight is 828 g/mol. The van der Waals surface area contributed by atoms with E-state index in [-0.39, 0.29) is 34.9 Å². The molecule has 0 saturated heterocycles. The van der Waals surface area contributed by atoms with Crippen molar-refractivity contribution in [1.82, 2.24) is 15.6 Å². The first kappa shape index (κ1) is 43.5. The molecule has 0 aliphatic heterocycles. The van der Waals surface area contributed by atoms with Gasteiger partial charge in [0.15, 0.2) is 5.75 Å². The molecule has 0 aliphatic carbocycles. The molecule has 59 heavy (non-hydrogen) atoms. The summed E-state index contributed by atoms with van der Waals surface area (Å²) in [7, 11) is -0.780. The molecule has 3 amide bonds. The van der Waals surface area contributed by atoms with Crippen LogP contribution >= 0.6 is 0 Å². The first-order valence-electron chi connectivity index (χ1n) is 18.6. The molecule has 0 spiro atoms. The van der Waals surface area contributed by atoms with Gasteiger partial charge in [0.2, 0.25) is 10.0 Å². The molecule has 1 aromatic heterocycles. The van der Waals surface area contributed by atoms with Gasteiger partial charge in [-0.2, -0.15) is 0 Å². The number of ether oxygens (including phenoxy) is 3. The van der Waals surface area contributed by atoms with Crippen LogP contribution in [0.4, 0.5) is 33.4 Å². The van der Waals surface area contributed by atoms with Gasteiger partial charge in [0.1, 0.15) is 23.1 Å². The number of fused-ring (bicyclic) bond motifs is 1. The molecule has 17 heteroatoms. The molecular weight excluding hydrogens is 779 g/mol. The Labute approximate surface area is 343 Å². The smallest absolute Gasteiger partial charge is 0.323 e. The Morgan fingerprint density at radius 3 is 2.22 bits per heavy atom. The minimum absolute atomic E-state index is 0.0856. The third-order valence-electron chi connectivity index (χ3n) is 8.84. The minimum atomic E-state index is -3.65. The Balaban J connectivity index is 1.28. The summed E-state index contributed by atoms with van der Waals surface area (Å²) in [5, 5.41) is 25.0. The number of carbonyl (C=O) groups is 3. The summed E-state index contributed by atoms with van der Waals surface area (Å²) < 4.78 is 44.2. The summed E-state index contributed by atoms with van der Waals surface area (Å²) in [5.41, 5.74) is 2.34. The number of aromatic nitrogens is 1. The van der Waals surface area contributed by atoms with Crippen molar-refractivity contribution in [3.05, 3.63) is 96.2 Å². The maximum Gasteiger partial charge on any atom is 0.323 e. The van der Waals surface area contributed by atoms with Crippen molar-refractivity contribution in [3.63, 3.8) is 0 Å². The number of carbonyl (C=O) groups excluding carboxylic acids is 2. The second-order valence-electron chi connectivity index (χ2n) is 14.5. The van der Waals surface area contributed by atoms with Crippen molar-refractivity contribution in [2.45, 2.75) is 39.0 Å². The first-order chi connectivity index (χ1) is 28.0. The number of methoxy groups -OCH3 is 2. The number of anilines is 5. The van der Waals surface area contributed by atoms with Gasteiger partial charge in [-0.25, -0.2) is 18.2 Å². The molecule has 0 fully saturated rings. The fourth-order valence-corrected chi connectivity index (χ4v) is 6.57. The van der Waals surface area contributed by atoms with E-state index in [1.165, 1.54) is 14.2 Å². The van der Waals surface area contributed by atoms with Crippen LogP contribution in [0.25, 0.3) is 10.8 Å². The van der Waals surface area contributed by atoms with E-state index < -0.39 is 22.0 Å². The molecular formula is C42H49N7O9S. The number of aliphatic carboxylic acids is 1. The van der Waals surface area contributed by atoms with Crippen molar-refractivity contribution < 1.29 is 42.1 Å². The molecule has 5 rings (SSSR count). The third kappa shape index (κ3) is 12.2. The summed E-state index contributed by atoms with van der Waals surface area (Å²) in [6.45, 7) is 7.31. The molecule has 0 atom stereocenters. The van der Waals surface area contributed by atoms with Crippen LogP contribution in [-0.2, 0) is 20.2 Å². The molecule has 4 aromatic carbocycles. The number of carboxylic acids is 1. The molecule has 312 valence electrons. The van der Waals surface area contributed by atoms with Crippen molar-refractivity contribution in [2.75, 3.05) is 60.8 Å². The largest absolute Gasteiger partial charge is 0.496 e. The van der Waals surface area contributed by atoms with E-state index in [1.807, 2.05) is 45.0 Å². The number of nitrogens with one attached hydrogen (secondary N) is 6. The molecule has 1 heterocycles. The minimum Gasteiger partial charge on any atom is -0.496 e. The lowest BCUT2D eigenvalue weighted by Crippen LogP contribution is -2.32. The normalized spacial score (nSPS) is 11.4. The maximum absolute atomic E-state index is 13.5. The molecule has 0 radical (unpaired) electrons. The van der Waals surface area contributed by atoms with Crippen LogP contribution in [0.1, 0.15) is 49.5 Å². The summed E-state index contributed by atoms with van der Waals surface area (Å²) in [5.74, 6) is 0.829. The highest BCUT2D eigenvalue weighted by Gasteiger charge is 2.23. The van der Waals surface area contributed by atoms with Crippen molar-refractivity contribution in [2.24, 2.45) is 0 Å². The molecule has 5 aromatic rings. The molecule has 0 aliphatic rings. The van der Waals surface area contributed by atoms with Gasteiger partial charge in [0.25, 0.3) is 5.91 Å². The van der Waals surface area contributed by atoms with Crippen molar-refractivity contribution >= 4 is 67.3 Å². The fourth-order valence-electron chi connectivity index (χ4n) is 6.02. The highest BCUT2D eigenvalue weighted by molar-refractivity contribution is 7.92. The number of carboxylic acid groups (broad SMARTS) is 1. The number of sulfonamides is 1. The van der Waals surface area contributed by atoms with Crippen LogP contribution < -0.4 is 45.5 Å². The zero-order chi connectivity index (χ0) is 42.7. The summed E-state index contributed by atoms with van der Waals surface area (Å²) in [4.78, 5) is 41.4. The molecule has 16 nitrogen and oxygen atoms in total. The van der Waals surface area contributed by atoms with E-state index >= 15 is 0 Å². The molecule has 0 unspecified atom stereocenters. The SMILES string of the molecule is COc1cc(Nc2cc(Oc3ccc(NC(=O)Nc4cc(C(C)(C)C)cc(NS(C)(=O)=O)c4OC)c4ccccc34)ccn2)ccc1C(=O)NCCNCCCC(=O)O. The predicted molar refractivity (Wildman–Crippen MR) is 229 cm³/mol. The van der Waals surface area contributed by atoms with Gasteiger partial charge in [-0.3, -0.25) is 14.3 Å². The van der Waals surface area contributed by atoms with Crippen LogP contribution in [0.3, 0.4) is 0 Å². The number of rotatable bonds is 18. The van der Waals surface area contributed by atoms with Gasteiger partial charge in [-0.1, -0.05) is 45.0 Å². The van der Waals surface area contributed by atoms with Crippen LogP contribution in [0.5, 0.6) is 23.0 Å². The van der Waals surface area contributed by atoms with Crippen molar-refractivity contribution in [1.29, 1.82) is 0 Å². The Morgan fingerprint density at radius 1 is 0.797 bits per heavy atom. The first-order valence-corrected chi connectivity index (χ1v) is 20.5. The van der Waals surface area contributed by atoms with E-state index in [4.69, 9.17) is 19.3 Å². The summed E-state index contributed by atoms with van der Waals surface area (Å²) >= 11 is 0. The zero-order valence-corrected chi connectivity index (χ0v) is 34.5. The average Bonchev–Trinajstić information content (AvgIpc) is 3.17. The quantitative estimate of drug-likeness (QED) is 0.0434. The monoisotopic (exact) mass is 827 g/mol. The Kier molecular flexibility index (Phi) is 14.2. The van der Waals surface area contributed by atoms with E-state index in [1.54, 1.807) is 60.8 Å². The highest BCUT2D eigenvalue weighted by atomic mass is 32.2. The number of hydrogen-bond acceptors (Lipinski definition) is 11. The van der Waals surface area contributed by atoms with Crippen LogP contribution in [-0.4, -0.2) is 76.5 Å². The van der Waals surface area contributed by atoms with Gasteiger partial charge < -0.3 is 45.9 Å². The standard InChI is InChI=1S/C42H49N7O9S/c1-42(2,3)26-22-33(39(57-5)34(23-26)49-59(6,54)55)48-41(53)47-32-15-16-35(30-11-8-7-10-29(30)32)58-28-17-19-44-37(25-28)46-27-13-14-31(36(24-27)56-4)40(52)45-21-20-43-18-9-12-38(50)51/h7-8,10-11,13-17,19,22-25,43,49H,9,12,18,20-21H2,1-6H3,(H,44,46)(H,45,52)(H,50,51)(H2,47,48,53). The van der Waals surface area contributed by atoms with E-state index in [2.05, 4.69) is 36.3 Å². The van der Waals surface area contributed by atoms with Gasteiger partial charge in [-0.05, 0) is 66.4 Å². The lowest BCUT2D eigenvalue weighted by atomic mass is 9.86. The summed E-state index contributed by atoms with van der Waals surface area (Å²) in [6.07, 6.45) is 3.22. The second-order valence-corrected chi connectivity index (χ2v) is 16.2. The molecule has 0 bridgehead atoms. The van der Waals surface area contributed by atoms with E-state index in [0.29, 0.717) is 71.4 Å². The summed E-state index contributed by atoms with van der Waals surface area (Å²) in [6, 6.07) is 22.2. The van der Waals surface area contributed by atoms with Crippen LogP contribution in [0.15, 0.2) is 85.1 Å². The number of benzene rings is 4. The molecule has 7 N–H and O–H groups in total. The number of hydrogen-bond donors (Lipinski definition) is 7. The van der Waals surface area contributed by atoms with Gasteiger partial charge in [-0.15, -0.1) is 0 Å². The Bertz CT molecular complexity index is 2440. The predicted octanol–water partition coefficient (Wildman–Crippen LogP) is 7.29. The highest BCUT2D eigenvalue weighted by Crippen LogP contribution is 2.40. The maximum atomic E-state index is 13.5. The lowest BCUT2D eigenvalue weighted by Gasteiger charge is -2.24. The van der Waals surface area contributed by atoms with E-state index in [0.717, 1.165) is 17.2 Å².